The van der Waals surface area contributed by atoms with Crippen molar-refractivity contribution in [3.8, 4) is 5.75 Å². The van der Waals surface area contributed by atoms with E-state index in [1.807, 2.05) is 24.3 Å². The molecule has 5 heteroatoms. The molecule has 0 bridgehead atoms. The van der Waals surface area contributed by atoms with Gasteiger partial charge in [0.05, 0.1) is 19.8 Å². The van der Waals surface area contributed by atoms with E-state index < -0.39 is 8.32 Å². The Hall–Kier alpha value is -2.44. The highest BCUT2D eigenvalue weighted by atomic mass is 28.4. The van der Waals surface area contributed by atoms with Crippen molar-refractivity contribution in [2.45, 2.75) is 58.5 Å². The average molecular weight is 519 g/mol. The SMILES string of the molecule is CC[C@@H]1COC(c2ccc(OC)cc2)O[C@@H]1[C@H](C)CO[Si](c1ccccc1)(c1ccccc1)C(C)(C)C. The molecule has 198 valence electrons. The summed E-state index contributed by atoms with van der Waals surface area (Å²) in [6.07, 6.45) is 0.668. The topological polar surface area (TPSA) is 36.9 Å². The van der Waals surface area contributed by atoms with Gasteiger partial charge in [-0.15, -0.1) is 0 Å². The van der Waals surface area contributed by atoms with E-state index in [1.165, 1.54) is 10.4 Å². The normalized spacial score (nSPS) is 21.4. The molecule has 0 N–H and O–H groups in total. The molecule has 3 aromatic rings. The number of hydrogen-bond donors (Lipinski definition) is 0. The maximum Gasteiger partial charge on any atom is 0.261 e. The molecule has 4 nitrogen and oxygen atoms in total. The summed E-state index contributed by atoms with van der Waals surface area (Å²) in [4.78, 5) is 0. The lowest BCUT2D eigenvalue weighted by Gasteiger charge is -2.45. The Labute approximate surface area is 224 Å². The van der Waals surface area contributed by atoms with Crippen LogP contribution >= 0.6 is 0 Å². The van der Waals surface area contributed by atoms with Gasteiger partial charge in [0.1, 0.15) is 5.75 Å². The second kappa shape index (κ2) is 12.0. The van der Waals surface area contributed by atoms with Crippen LogP contribution in [0, 0.1) is 11.8 Å². The number of methoxy groups -OCH3 is 1. The molecule has 0 saturated carbocycles. The van der Waals surface area contributed by atoms with Crippen LogP contribution < -0.4 is 15.1 Å². The van der Waals surface area contributed by atoms with Gasteiger partial charge in [0.2, 0.25) is 0 Å². The minimum atomic E-state index is -2.60. The molecule has 1 aliphatic rings. The lowest BCUT2D eigenvalue weighted by molar-refractivity contribution is -0.254. The van der Waals surface area contributed by atoms with Crippen LogP contribution in [0.15, 0.2) is 84.9 Å². The van der Waals surface area contributed by atoms with Crippen LogP contribution in [0.3, 0.4) is 0 Å². The molecule has 0 amide bonds. The molecule has 37 heavy (non-hydrogen) atoms. The van der Waals surface area contributed by atoms with Crippen LogP contribution in [-0.2, 0) is 13.9 Å². The zero-order chi connectivity index (χ0) is 26.5. The fourth-order valence-electron chi connectivity index (χ4n) is 5.60. The van der Waals surface area contributed by atoms with Crippen molar-refractivity contribution in [2.75, 3.05) is 20.3 Å². The maximum absolute atomic E-state index is 7.25. The van der Waals surface area contributed by atoms with Crippen LogP contribution in [0.1, 0.15) is 52.9 Å². The van der Waals surface area contributed by atoms with Crippen molar-refractivity contribution in [1.82, 2.24) is 0 Å². The molecule has 1 fully saturated rings. The molecule has 1 saturated heterocycles. The van der Waals surface area contributed by atoms with Crippen LogP contribution in [0.5, 0.6) is 5.75 Å². The van der Waals surface area contributed by atoms with Crippen molar-refractivity contribution >= 4 is 18.7 Å². The third-order valence-electron chi connectivity index (χ3n) is 7.66. The molecule has 1 unspecified atom stereocenters. The number of benzene rings is 3. The van der Waals surface area contributed by atoms with E-state index in [0.717, 1.165) is 17.7 Å². The fraction of sp³-hybridized carbons (Fsp3) is 0.438. The number of hydrogen-bond acceptors (Lipinski definition) is 4. The first-order chi connectivity index (χ1) is 17.8. The summed E-state index contributed by atoms with van der Waals surface area (Å²) in [5.41, 5.74) is 1.01. The molecule has 0 aliphatic carbocycles. The van der Waals surface area contributed by atoms with Gasteiger partial charge in [0.15, 0.2) is 6.29 Å². The summed E-state index contributed by atoms with van der Waals surface area (Å²) in [6.45, 7) is 12.8. The Morgan fingerprint density at radius 3 is 1.95 bits per heavy atom. The molecular weight excluding hydrogens is 476 g/mol. The highest BCUT2D eigenvalue weighted by Gasteiger charge is 2.50. The quantitative estimate of drug-likeness (QED) is 0.309. The predicted molar refractivity (Wildman–Crippen MR) is 153 cm³/mol. The summed E-state index contributed by atoms with van der Waals surface area (Å²) in [5.74, 6) is 1.36. The van der Waals surface area contributed by atoms with Crippen molar-refractivity contribution in [3.63, 3.8) is 0 Å². The standard InChI is InChI=1S/C32H42O4Si/c1-7-25-23-34-31(26-18-20-27(33-6)21-19-26)36-30(25)24(2)22-35-37(32(3,4)5,28-14-10-8-11-15-28)29-16-12-9-13-17-29/h8-21,24-25,30-31H,7,22-23H2,1-6H3/t24-,25-,30-,31?/m1/s1. The first-order valence-corrected chi connectivity index (χ1v) is 15.4. The predicted octanol–water partition coefficient (Wildman–Crippen LogP) is 6.35. The van der Waals surface area contributed by atoms with E-state index in [0.29, 0.717) is 19.1 Å². The van der Waals surface area contributed by atoms with Gasteiger partial charge in [-0.2, -0.15) is 0 Å². The second-order valence-corrected chi connectivity index (χ2v) is 15.5. The van der Waals surface area contributed by atoms with Crippen molar-refractivity contribution < 1.29 is 18.6 Å². The Morgan fingerprint density at radius 2 is 1.46 bits per heavy atom. The van der Waals surface area contributed by atoms with E-state index >= 15 is 0 Å². The lowest BCUT2D eigenvalue weighted by Crippen LogP contribution is -2.67. The summed E-state index contributed by atoms with van der Waals surface area (Å²) in [7, 11) is -0.921. The van der Waals surface area contributed by atoms with E-state index in [4.69, 9.17) is 18.6 Å². The highest BCUT2D eigenvalue weighted by molar-refractivity contribution is 6.99. The largest absolute Gasteiger partial charge is 0.497 e. The smallest absolute Gasteiger partial charge is 0.261 e. The molecule has 4 rings (SSSR count). The lowest BCUT2D eigenvalue weighted by atomic mass is 9.90. The van der Waals surface area contributed by atoms with Crippen molar-refractivity contribution in [1.29, 1.82) is 0 Å². The van der Waals surface area contributed by atoms with E-state index in [1.54, 1.807) is 7.11 Å². The molecule has 0 aromatic heterocycles. The van der Waals surface area contributed by atoms with Crippen LogP contribution in [-0.4, -0.2) is 34.7 Å². The van der Waals surface area contributed by atoms with E-state index in [-0.39, 0.29) is 23.4 Å². The van der Waals surface area contributed by atoms with Gasteiger partial charge < -0.3 is 18.6 Å². The van der Waals surface area contributed by atoms with Gasteiger partial charge in [-0.1, -0.05) is 107 Å². The zero-order valence-corrected chi connectivity index (χ0v) is 24.1. The van der Waals surface area contributed by atoms with Crippen LogP contribution in [0.25, 0.3) is 0 Å². The van der Waals surface area contributed by atoms with Crippen LogP contribution in [0.4, 0.5) is 0 Å². The average Bonchev–Trinajstić information content (AvgIpc) is 2.93. The summed E-state index contributed by atoms with van der Waals surface area (Å²) < 4.78 is 25.4. The third kappa shape index (κ3) is 5.85. The van der Waals surface area contributed by atoms with Gasteiger partial charge in [0, 0.05) is 24.0 Å². The van der Waals surface area contributed by atoms with Crippen LogP contribution in [0.2, 0.25) is 5.04 Å². The van der Waals surface area contributed by atoms with Crippen molar-refractivity contribution in [3.05, 3.63) is 90.5 Å². The first kappa shape index (κ1) is 27.6. The minimum Gasteiger partial charge on any atom is -0.497 e. The summed E-state index contributed by atoms with van der Waals surface area (Å²) >= 11 is 0. The molecule has 1 aliphatic heterocycles. The van der Waals surface area contributed by atoms with Crippen molar-refractivity contribution in [2.24, 2.45) is 11.8 Å². The van der Waals surface area contributed by atoms with E-state index in [2.05, 4.69) is 95.3 Å². The van der Waals surface area contributed by atoms with Gasteiger partial charge in [0.25, 0.3) is 8.32 Å². The molecular formula is C32H42O4Si. The molecule has 4 atom stereocenters. The second-order valence-electron chi connectivity index (χ2n) is 11.2. The summed E-state index contributed by atoms with van der Waals surface area (Å²) in [6, 6.07) is 29.6. The Balaban J connectivity index is 1.61. The minimum absolute atomic E-state index is 0.0454. The Morgan fingerprint density at radius 1 is 0.892 bits per heavy atom. The monoisotopic (exact) mass is 518 g/mol. The number of rotatable bonds is 9. The van der Waals surface area contributed by atoms with Gasteiger partial charge in [-0.05, 0) is 34.0 Å². The number of ether oxygens (including phenoxy) is 3. The molecule has 1 heterocycles. The summed E-state index contributed by atoms with van der Waals surface area (Å²) in [5, 5.41) is 2.55. The third-order valence-corrected chi connectivity index (χ3v) is 12.7. The Kier molecular flexibility index (Phi) is 8.91. The molecule has 0 spiro atoms. The van der Waals surface area contributed by atoms with Gasteiger partial charge in [-0.25, -0.2) is 0 Å². The fourth-order valence-corrected chi connectivity index (χ4v) is 10.3. The Bertz CT molecular complexity index is 1060. The van der Waals surface area contributed by atoms with Gasteiger partial charge >= 0.3 is 0 Å². The van der Waals surface area contributed by atoms with Gasteiger partial charge in [-0.3, -0.25) is 0 Å². The molecule has 3 aromatic carbocycles. The highest BCUT2D eigenvalue weighted by Crippen LogP contribution is 2.39. The maximum atomic E-state index is 7.25. The molecule has 0 radical (unpaired) electrons. The van der Waals surface area contributed by atoms with E-state index in [9.17, 15) is 0 Å². The zero-order valence-electron chi connectivity index (χ0n) is 23.1. The first-order valence-electron chi connectivity index (χ1n) is 13.5.